The third-order valence-corrected chi connectivity index (χ3v) is 4.96. The van der Waals surface area contributed by atoms with Gasteiger partial charge in [0, 0.05) is 24.9 Å². The molecule has 6 nitrogen and oxygen atoms in total. The molecule has 0 aliphatic rings. The molecule has 3 rings (SSSR count). The van der Waals surface area contributed by atoms with Crippen molar-refractivity contribution in [3.05, 3.63) is 36.3 Å². The number of aromatic nitrogens is 3. The molecule has 0 bridgehead atoms. The molecular formula is C18H24N4O2S. The van der Waals surface area contributed by atoms with Gasteiger partial charge in [-0.1, -0.05) is 31.5 Å². The van der Waals surface area contributed by atoms with Gasteiger partial charge in [-0.15, -0.1) is 0 Å². The van der Waals surface area contributed by atoms with Crippen LogP contribution in [-0.4, -0.2) is 35.8 Å². The first-order chi connectivity index (χ1) is 12.0. The van der Waals surface area contributed by atoms with Crippen LogP contribution in [0.2, 0.25) is 0 Å². The van der Waals surface area contributed by atoms with Gasteiger partial charge in [0.25, 0.3) is 0 Å². The summed E-state index contributed by atoms with van der Waals surface area (Å²) in [6.45, 7) is 3.32. The van der Waals surface area contributed by atoms with Gasteiger partial charge in [-0.25, -0.2) is 18.1 Å². The summed E-state index contributed by atoms with van der Waals surface area (Å²) in [5.74, 6) is 1.05. The predicted octanol–water partition coefficient (Wildman–Crippen LogP) is 2.87. The Morgan fingerprint density at radius 3 is 2.72 bits per heavy atom. The number of fused-ring (bicyclic) bond motifs is 3. The van der Waals surface area contributed by atoms with E-state index in [1.54, 1.807) is 0 Å². The molecule has 1 aromatic carbocycles. The Kier molecular flexibility index (Phi) is 5.34. The number of hydrogen-bond donors (Lipinski definition) is 1. The molecule has 2 aromatic heterocycles. The molecule has 7 heteroatoms. The van der Waals surface area contributed by atoms with Crippen LogP contribution >= 0.6 is 0 Å². The molecule has 2 heterocycles. The number of rotatable bonds is 8. The van der Waals surface area contributed by atoms with Crippen LogP contribution in [0.5, 0.6) is 0 Å². The third kappa shape index (κ3) is 4.16. The largest absolute Gasteiger partial charge is 0.327 e. The molecule has 3 aromatic rings. The summed E-state index contributed by atoms with van der Waals surface area (Å²) in [5, 5.41) is 1.09. The van der Waals surface area contributed by atoms with Crippen LogP contribution in [0.1, 0.15) is 32.0 Å². The molecule has 0 saturated heterocycles. The van der Waals surface area contributed by atoms with Gasteiger partial charge in [0.15, 0.2) is 0 Å². The Balaban J connectivity index is 1.98. The second kappa shape index (κ2) is 7.49. The van der Waals surface area contributed by atoms with Crippen LogP contribution in [0.4, 0.5) is 0 Å². The number of sulfonamides is 1. The van der Waals surface area contributed by atoms with Gasteiger partial charge in [-0.3, -0.25) is 4.98 Å². The van der Waals surface area contributed by atoms with E-state index >= 15 is 0 Å². The summed E-state index contributed by atoms with van der Waals surface area (Å²) in [6.07, 6.45) is 6.84. The van der Waals surface area contributed by atoms with Crippen molar-refractivity contribution in [1.82, 2.24) is 19.3 Å². The van der Waals surface area contributed by atoms with Gasteiger partial charge < -0.3 is 4.57 Å². The van der Waals surface area contributed by atoms with Crippen LogP contribution in [0.3, 0.4) is 0 Å². The van der Waals surface area contributed by atoms with Crippen LogP contribution in [0, 0.1) is 0 Å². The number of pyridine rings is 1. The van der Waals surface area contributed by atoms with E-state index in [2.05, 4.69) is 27.3 Å². The highest BCUT2D eigenvalue weighted by Gasteiger charge is 2.14. The minimum Gasteiger partial charge on any atom is -0.327 e. The summed E-state index contributed by atoms with van der Waals surface area (Å²) < 4.78 is 27.3. The number of nitrogens with one attached hydrogen (secondary N) is 1. The third-order valence-electron chi connectivity index (χ3n) is 4.24. The SMILES string of the molecule is CCCCc1nc2cnc3ccccc3c2n1CCCNS(C)(=O)=O. The van der Waals surface area contributed by atoms with Gasteiger partial charge in [0.05, 0.1) is 23.5 Å². The molecule has 134 valence electrons. The zero-order valence-corrected chi connectivity index (χ0v) is 15.5. The standard InChI is InChI=1S/C18H24N4O2S/c1-3-4-10-17-21-16-13-19-15-9-6-5-8-14(15)18(16)22(17)12-7-11-20-25(2,23)24/h5-6,8-9,13,20H,3-4,7,10-12H2,1-2H3. The van der Waals surface area contributed by atoms with Crippen molar-refractivity contribution < 1.29 is 8.42 Å². The fourth-order valence-electron chi connectivity index (χ4n) is 3.07. The minimum atomic E-state index is -3.15. The fourth-order valence-corrected chi connectivity index (χ4v) is 3.59. The number of hydrogen-bond acceptors (Lipinski definition) is 4. The highest BCUT2D eigenvalue weighted by Crippen LogP contribution is 2.25. The topological polar surface area (TPSA) is 76.9 Å². The predicted molar refractivity (Wildman–Crippen MR) is 101 cm³/mol. The van der Waals surface area contributed by atoms with Crippen molar-refractivity contribution >= 4 is 32.0 Å². The van der Waals surface area contributed by atoms with Gasteiger partial charge in [0.1, 0.15) is 11.3 Å². The Morgan fingerprint density at radius 2 is 1.96 bits per heavy atom. The fraction of sp³-hybridized carbons (Fsp3) is 0.444. The lowest BCUT2D eigenvalue weighted by Gasteiger charge is -2.10. The van der Waals surface area contributed by atoms with E-state index in [4.69, 9.17) is 4.98 Å². The van der Waals surface area contributed by atoms with Crippen molar-refractivity contribution in [2.45, 2.75) is 39.2 Å². The van der Waals surface area contributed by atoms with Crippen molar-refractivity contribution in [1.29, 1.82) is 0 Å². The number of unbranched alkanes of at least 4 members (excludes halogenated alkanes) is 1. The van der Waals surface area contributed by atoms with Crippen LogP contribution in [0.15, 0.2) is 30.5 Å². The summed E-state index contributed by atoms with van der Waals surface area (Å²) in [5.41, 5.74) is 2.95. The van der Waals surface area contributed by atoms with Crippen molar-refractivity contribution in [2.75, 3.05) is 12.8 Å². The quantitative estimate of drug-likeness (QED) is 0.627. The number of aryl methyl sites for hydroxylation is 2. The second-order valence-corrected chi connectivity index (χ2v) is 8.15. The Morgan fingerprint density at radius 1 is 1.16 bits per heavy atom. The maximum Gasteiger partial charge on any atom is 0.208 e. The number of imidazole rings is 1. The van der Waals surface area contributed by atoms with Gasteiger partial charge in [-0.2, -0.15) is 0 Å². The monoisotopic (exact) mass is 360 g/mol. The molecule has 0 aliphatic carbocycles. The number of nitrogens with zero attached hydrogens (tertiary/aromatic N) is 3. The summed E-state index contributed by atoms with van der Waals surface area (Å²) in [7, 11) is -3.15. The highest BCUT2D eigenvalue weighted by atomic mass is 32.2. The van der Waals surface area contributed by atoms with E-state index in [1.807, 2.05) is 24.4 Å². The lowest BCUT2D eigenvalue weighted by atomic mass is 10.2. The van der Waals surface area contributed by atoms with E-state index in [-0.39, 0.29) is 0 Å². The molecule has 0 fully saturated rings. The lowest BCUT2D eigenvalue weighted by Crippen LogP contribution is -2.24. The molecule has 0 atom stereocenters. The maximum absolute atomic E-state index is 11.2. The number of para-hydroxylation sites is 1. The first-order valence-electron chi connectivity index (χ1n) is 8.67. The molecule has 0 saturated carbocycles. The molecule has 0 radical (unpaired) electrons. The van der Waals surface area contributed by atoms with Crippen molar-refractivity contribution in [2.24, 2.45) is 0 Å². The zero-order valence-electron chi connectivity index (χ0n) is 14.7. The van der Waals surface area contributed by atoms with Gasteiger partial charge >= 0.3 is 0 Å². The number of benzene rings is 1. The zero-order chi connectivity index (χ0) is 17.9. The van der Waals surface area contributed by atoms with Gasteiger partial charge in [-0.05, 0) is 18.9 Å². The molecule has 0 unspecified atom stereocenters. The Bertz CT molecular complexity index is 979. The van der Waals surface area contributed by atoms with Crippen LogP contribution in [0.25, 0.3) is 21.9 Å². The van der Waals surface area contributed by atoms with Crippen molar-refractivity contribution in [3.63, 3.8) is 0 Å². The molecule has 0 spiro atoms. The van der Waals surface area contributed by atoms with E-state index in [0.717, 1.165) is 53.6 Å². The molecule has 0 amide bonds. The van der Waals surface area contributed by atoms with Crippen LogP contribution < -0.4 is 4.72 Å². The Labute approximate surface area is 148 Å². The molecule has 25 heavy (non-hydrogen) atoms. The minimum absolute atomic E-state index is 0.425. The normalized spacial score (nSPS) is 12.2. The smallest absolute Gasteiger partial charge is 0.208 e. The first kappa shape index (κ1) is 17.8. The van der Waals surface area contributed by atoms with E-state index in [9.17, 15) is 8.42 Å². The summed E-state index contributed by atoms with van der Waals surface area (Å²) in [4.78, 5) is 9.29. The van der Waals surface area contributed by atoms with Crippen LogP contribution in [-0.2, 0) is 23.0 Å². The summed E-state index contributed by atoms with van der Waals surface area (Å²) in [6, 6.07) is 8.07. The average Bonchev–Trinajstić information content (AvgIpc) is 2.94. The molecule has 1 N–H and O–H groups in total. The van der Waals surface area contributed by atoms with E-state index in [1.165, 1.54) is 6.26 Å². The maximum atomic E-state index is 11.2. The Hall–Kier alpha value is -1.99. The average molecular weight is 360 g/mol. The summed E-state index contributed by atoms with van der Waals surface area (Å²) >= 11 is 0. The van der Waals surface area contributed by atoms with E-state index < -0.39 is 10.0 Å². The highest BCUT2D eigenvalue weighted by molar-refractivity contribution is 7.88. The van der Waals surface area contributed by atoms with Gasteiger partial charge in [0.2, 0.25) is 10.0 Å². The molecule has 0 aliphatic heterocycles. The second-order valence-electron chi connectivity index (χ2n) is 6.31. The first-order valence-corrected chi connectivity index (χ1v) is 10.6. The lowest BCUT2D eigenvalue weighted by molar-refractivity contribution is 0.571. The van der Waals surface area contributed by atoms with E-state index in [0.29, 0.717) is 13.0 Å². The molecular weight excluding hydrogens is 336 g/mol. The van der Waals surface area contributed by atoms with Crippen molar-refractivity contribution in [3.8, 4) is 0 Å².